The molecule has 0 bridgehead atoms. The number of nitrogens with zero attached hydrogens (tertiary/aromatic N) is 4. The van der Waals surface area contributed by atoms with Gasteiger partial charge in [0.25, 0.3) is 0 Å². The Balaban J connectivity index is 1.25. The average molecular weight is 329 g/mol. The van der Waals surface area contributed by atoms with E-state index in [1.165, 1.54) is 0 Å². The van der Waals surface area contributed by atoms with E-state index in [1.807, 2.05) is 28.8 Å². The third-order valence-corrected chi connectivity index (χ3v) is 5.95. The number of aromatic nitrogens is 1. The molecule has 0 radical (unpaired) electrons. The smallest absolute Gasteiger partial charge is 0.237 e. The highest BCUT2D eigenvalue weighted by Gasteiger charge is 2.55. The van der Waals surface area contributed by atoms with E-state index in [2.05, 4.69) is 21.3 Å². The van der Waals surface area contributed by atoms with E-state index in [4.69, 9.17) is 5.26 Å². The van der Waals surface area contributed by atoms with Crippen LogP contribution in [0.1, 0.15) is 5.56 Å². The third kappa shape index (κ3) is 2.89. The van der Waals surface area contributed by atoms with Crippen LogP contribution in [0, 0.1) is 23.2 Å². The van der Waals surface area contributed by atoms with Crippen molar-refractivity contribution in [3.8, 4) is 6.07 Å². The largest absolute Gasteiger partial charge is 0.356 e. The van der Waals surface area contributed by atoms with Crippen LogP contribution in [-0.2, 0) is 4.79 Å². The molecule has 1 N–H and O–H groups in total. The van der Waals surface area contributed by atoms with Gasteiger partial charge >= 0.3 is 0 Å². The number of thioether (sulfide) groups is 1. The van der Waals surface area contributed by atoms with Crippen LogP contribution < -0.4 is 10.2 Å². The van der Waals surface area contributed by atoms with Crippen LogP contribution in [0.15, 0.2) is 18.3 Å². The number of anilines is 1. The zero-order chi connectivity index (χ0) is 15.8. The topological polar surface area (TPSA) is 72.3 Å². The molecule has 2 unspecified atom stereocenters. The number of hydrogen-bond acceptors (Lipinski definition) is 6. The summed E-state index contributed by atoms with van der Waals surface area (Å²) in [4.78, 5) is 20.6. The van der Waals surface area contributed by atoms with E-state index in [9.17, 15) is 4.79 Å². The standard InChI is InChI=1S/C16H19N5OS/c17-5-11-1-2-14(18-6-11)21-8-12-13(9-21)16(12)19-7-15(22)20-3-4-23-10-20/h1-2,6,12-13,16,19H,3-4,7-10H2. The number of carbonyl (C=O) groups excluding carboxylic acids is 1. The number of fused-ring (bicyclic) bond motifs is 1. The molecule has 3 aliphatic rings. The molecule has 1 amide bonds. The molecule has 2 atom stereocenters. The van der Waals surface area contributed by atoms with Gasteiger partial charge in [0.05, 0.1) is 18.0 Å². The third-order valence-electron chi connectivity index (χ3n) is 4.99. The fourth-order valence-electron chi connectivity index (χ4n) is 3.58. The maximum Gasteiger partial charge on any atom is 0.237 e. The van der Waals surface area contributed by atoms with E-state index < -0.39 is 0 Å². The Kier molecular flexibility index (Phi) is 3.87. The Hall–Kier alpha value is -1.78. The molecule has 2 aliphatic heterocycles. The average Bonchev–Trinajstić information content (AvgIpc) is 3.02. The second kappa shape index (κ2) is 6.02. The Morgan fingerprint density at radius 2 is 2.26 bits per heavy atom. The van der Waals surface area contributed by atoms with Gasteiger partial charge < -0.3 is 15.1 Å². The van der Waals surface area contributed by atoms with Crippen LogP contribution in [0.5, 0.6) is 0 Å². The van der Waals surface area contributed by atoms with Crippen LogP contribution in [0.4, 0.5) is 5.82 Å². The highest BCUT2D eigenvalue weighted by molar-refractivity contribution is 7.99. The monoisotopic (exact) mass is 329 g/mol. The molecule has 0 spiro atoms. The van der Waals surface area contributed by atoms with Crippen molar-refractivity contribution in [2.24, 2.45) is 11.8 Å². The van der Waals surface area contributed by atoms with Gasteiger partial charge in [-0.05, 0) is 24.0 Å². The van der Waals surface area contributed by atoms with Crippen LogP contribution in [0.2, 0.25) is 0 Å². The second-order valence-corrected chi connectivity index (χ2v) is 7.43. The van der Waals surface area contributed by atoms with Crippen molar-refractivity contribution in [3.05, 3.63) is 23.9 Å². The number of carbonyl (C=O) groups is 1. The van der Waals surface area contributed by atoms with Gasteiger partial charge in [0, 0.05) is 37.6 Å². The van der Waals surface area contributed by atoms with Gasteiger partial charge in [0.1, 0.15) is 11.9 Å². The summed E-state index contributed by atoms with van der Waals surface area (Å²) < 4.78 is 0. The minimum Gasteiger partial charge on any atom is -0.356 e. The fraction of sp³-hybridized carbons (Fsp3) is 0.562. The van der Waals surface area contributed by atoms with E-state index in [-0.39, 0.29) is 5.91 Å². The summed E-state index contributed by atoms with van der Waals surface area (Å²) in [7, 11) is 0. The van der Waals surface area contributed by atoms with Crippen molar-refractivity contribution in [2.45, 2.75) is 6.04 Å². The molecule has 1 aromatic rings. The van der Waals surface area contributed by atoms with Crippen LogP contribution >= 0.6 is 11.8 Å². The lowest BCUT2D eigenvalue weighted by Gasteiger charge is -2.21. The predicted octanol–water partition coefficient (Wildman–Crippen LogP) is 0.510. The van der Waals surface area contributed by atoms with Crippen molar-refractivity contribution in [3.63, 3.8) is 0 Å². The maximum absolute atomic E-state index is 12.0. The Labute approximate surface area is 139 Å². The van der Waals surface area contributed by atoms with Gasteiger partial charge in [0.15, 0.2) is 0 Å². The van der Waals surface area contributed by atoms with Crippen LogP contribution in [0.3, 0.4) is 0 Å². The molecule has 120 valence electrons. The summed E-state index contributed by atoms with van der Waals surface area (Å²) in [5, 5.41) is 12.3. The quantitative estimate of drug-likeness (QED) is 0.868. The van der Waals surface area contributed by atoms with Gasteiger partial charge in [0.2, 0.25) is 5.91 Å². The number of pyridine rings is 1. The molecule has 3 heterocycles. The van der Waals surface area contributed by atoms with Gasteiger partial charge in [-0.1, -0.05) is 0 Å². The number of piperidine rings is 1. The van der Waals surface area contributed by atoms with E-state index >= 15 is 0 Å². The zero-order valence-corrected chi connectivity index (χ0v) is 13.6. The molecule has 4 rings (SSSR count). The maximum atomic E-state index is 12.0. The number of nitriles is 1. The lowest BCUT2D eigenvalue weighted by atomic mass is 10.3. The molecule has 6 nitrogen and oxygen atoms in total. The summed E-state index contributed by atoms with van der Waals surface area (Å²) in [6.45, 7) is 3.32. The molecule has 1 aliphatic carbocycles. The highest BCUT2D eigenvalue weighted by Crippen LogP contribution is 2.46. The van der Waals surface area contributed by atoms with Crippen LogP contribution in [-0.4, -0.2) is 59.6 Å². The first-order chi connectivity index (χ1) is 11.3. The molecule has 3 fully saturated rings. The molecular weight excluding hydrogens is 310 g/mol. The normalized spacial score (nSPS) is 28.6. The van der Waals surface area contributed by atoms with Gasteiger partial charge in [-0.3, -0.25) is 4.79 Å². The molecule has 1 aromatic heterocycles. The Morgan fingerprint density at radius 1 is 1.43 bits per heavy atom. The lowest BCUT2D eigenvalue weighted by Crippen LogP contribution is -2.39. The molecule has 23 heavy (non-hydrogen) atoms. The van der Waals surface area contributed by atoms with Crippen molar-refractivity contribution >= 4 is 23.5 Å². The summed E-state index contributed by atoms with van der Waals surface area (Å²) in [5.74, 6) is 4.32. The summed E-state index contributed by atoms with van der Waals surface area (Å²) in [5.41, 5.74) is 0.594. The zero-order valence-electron chi connectivity index (χ0n) is 12.8. The fourth-order valence-corrected chi connectivity index (χ4v) is 4.56. The first kappa shape index (κ1) is 14.8. The Morgan fingerprint density at radius 3 is 2.87 bits per heavy atom. The SMILES string of the molecule is N#Cc1ccc(N2CC3C(C2)C3NCC(=O)N2CCSC2)nc1. The summed E-state index contributed by atoms with van der Waals surface area (Å²) in [6, 6.07) is 6.30. The summed E-state index contributed by atoms with van der Waals surface area (Å²) in [6.07, 6.45) is 1.63. The first-order valence-electron chi connectivity index (χ1n) is 7.96. The van der Waals surface area contributed by atoms with E-state index in [0.29, 0.717) is 30.0 Å². The number of amides is 1. The molecule has 7 heteroatoms. The van der Waals surface area contributed by atoms with Crippen molar-refractivity contribution in [1.29, 1.82) is 5.26 Å². The van der Waals surface area contributed by atoms with Gasteiger partial charge in [-0.15, -0.1) is 11.8 Å². The Bertz CT molecular complexity index is 625. The van der Waals surface area contributed by atoms with Gasteiger partial charge in [-0.25, -0.2) is 4.98 Å². The molecule has 1 saturated carbocycles. The highest BCUT2D eigenvalue weighted by atomic mass is 32.2. The summed E-state index contributed by atoms with van der Waals surface area (Å²) >= 11 is 1.82. The van der Waals surface area contributed by atoms with Crippen molar-refractivity contribution < 1.29 is 4.79 Å². The number of nitrogens with one attached hydrogen (secondary N) is 1. The number of hydrogen-bond donors (Lipinski definition) is 1. The van der Waals surface area contributed by atoms with E-state index in [1.54, 1.807) is 6.20 Å². The van der Waals surface area contributed by atoms with Crippen molar-refractivity contribution in [2.75, 3.05) is 42.7 Å². The minimum absolute atomic E-state index is 0.227. The molecule has 2 saturated heterocycles. The molecule has 0 aromatic carbocycles. The number of rotatable bonds is 4. The van der Waals surface area contributed by atoms with Crippen molar-refractivity contribution in [1.82, 2.24) is 15.2 Å². The van der Waals surface area contributed by atoms with Crippen LogP contribution in [0.25, 0.3) is 0 Å². The predicted molar refractivity (Wildman–Crippen MR) is 89.0 cm³/mol. The van der Waals surface area contributed by atoms with Gasteiger partial charge in [-0.2, -0.15) is 5.26 Å². The minimum atomic E-state index is 0.227. The van der Waals surface area contributed by atoms with E-state index in [0.717, 1.165) is 37.1 Å². The lowest BCUT2D eigenvalue weighted by molar-refractivity contribution is -0.128. The first-order valence-corrected chi connectivity index (χ1v) is 9.12. The second-order valence-electron chi connectivity index (χ2n) is 6.35. The molecular formula is C16H19N5OS.